The van der Waals surface area contributed by atoms with Gasteiger partial charge < -0.3 is 9.47 Å². The summed E-state index contributed by atoms with van der Waals surface area (Å²) in [5, 5.41) is 1.61. The van der Waals surface area contributed by atoms with E-state index in [-0.39, 0.29) is 5.91 Å². The lowest BCUT2D eigenvalue weighted by atomic mass is 10.2. The first-order valence-corrected chi connectivity index (χ1v) is 5.77. The molecule has 0 aliphatic heterocycles. The summed E-state index contributed by atoms with van der Waals surface area (Å²) in [4.78, 5) is 11.4. The Bertz CT molecular complexity index is 405. The number of nitrogens with zero attached hydrogens (tertiary/aromatic N) is 1. The summed E-state index contributed by atoms with van der Waals surface area (Å²) in [6, 6.07) is 5.69. The number of hydrogen-bond donors (Lipinski definition) is 1. The van der Waals surface area contributed by atoms with Gasteiger partial charge in [0.1, 0.15) is 0 Å². The van der Waals surface area contributed by atoms with Crippen molar-refractivity contribution in [3.05, 3.63) is 23.8 Å². The summed E-state index contributed by atoms with van der Waals surface area (Å²) in [5.74, 6) is 1.26. The summed E-state index contributed by atoms with van der Waals surface area (Å²) in [5.41, 5.74) is 3.75. The van der Waals surface area contributed by atoms with E-state index in [1.807, 2.05) is 25.1 Å². The minimum Gasteiger partial charge on any atom is -0.493 e. The Labute approximate surface area is 108 Å². The van der Waals surface area contributed by atoms with Crippen LogP contribution in [0.3, 0.4) is 0 Å². The summed E-state index contributed by atoms with van der Waals surface area (Å²) in [6.45, 7) is 2.30. The second-order valence-corrected chi connectivity index (χ2v) is 4.18. The van der Waals surface area contributed by atoms with Crippen LogP contribution < -0.4 is 14.9 Å². The zero-order chi connectivity index (χ0) is 13.5. The van der Waals surface area contributed by atoms with Crippen molar-refractivity contribution in [2.45, 2.75) is 13.3 Å². The molecule has 0 saturated carbocycles. The maximum absolute atomic E-state index is 11.4. The molecule has 0 bridgehead atoms. The molecule has 0 aliphatic carbocycles. The summed E-state index contributed by atoms with van der Waals surface area (Å²) in [6.07, 6.45) is 0.301. The van der Waals surface area contributed by atoms with E-state index in [9.17, 15) is 4.79 Å². The first-order chi connectivity index (χ1) is 8.52. The maximum Gasteiger partial charge on any atom is 0.237 e. The third kappa shape index (κ3) is 4.63. The van der Waals surface area contributed by atoms with Crippen LogP contribution in [-0.2, 0) is 4.79 Å². The van der Waals surface area contributed by atoms with Crippen LogP contribution in [0.25, 0.3) is 0 Å². The van der Waals surface area contributed by atoms with Crippen molar-refractivity contribution in [3.63, 3.8) is 0 Å². The van der Waals surface area contributed by atoms with E-state index < -0.39 is 0 Å². The van der Waals surface area contributed by atoms with Gasteiger partial charge in [0.15, 0.2) is 11.5 Å². The second-order valence-electron chi connectivity index (χ2n) is 4.18. The molecule has 5 nitrogen and oxygen atoms in total. The van der Waals surface area contributed by atoms with Crippen LogP contribution in [0.4, 0.5) is 0 Å². The third-order valence-corrected chi connectivity index (χ3v) is 2.25. The Balaban J connectivity index is 2.46. The van der Waals surface area contributed by atoms with E-state index in [1.165, 1.54) is 0 Å². The monoisotopic (exact) mass is 252 g/mol. The number of carbonyl (C=O) groups is 1. The smallest absolute Gasteiger partial charge is 0.237 e. The van der Waals surface area contributed by atoms with Crippen molar-refractivity contribution in [1.82, 2.24) is 10.4 Å². The molecule has 0 heterocycles. The molecule has 5 heteroatoms. The van der Waals surface area contributed by atoms with E-state index in [0.717, 1.165) is 5.56 Å². The fourth-order valence-corrected chi connectivity index (χ4v) is 1.45. The van der Waals surface area contributed by atoms with Crippen molar-refractivity contribution in [2.24, 2.45) is 0 Å². The Morgan fingerprint density at radius 3 is 2.67 bits per heavy atom. The van der Waals surface area contributed by atoms with Gasteiger partial charge in [-0.05, 0) is 24.6 Å². The first-order valence-electron chi connectivity index (χ1n) is 5.77. The van der Waals surface area contributed by atoms with Crippen LogP contribution >= 0.6 is 0 Å². The minimum absolute atomic E-state index is 0.0777. The number of methoxy groups -OCH3 is 1. The molecule has 0 aliphatic rings. The van der Waals surface area contributed by atoms with Crippen LogP contribution in [0, 0.1) is 6.92 Å². The van der Waals surface area contributed by atoms with E-state index in [1.54, 1.807) is 26.2 Å². The lowest BCUT2D eigenvalue weighted by Gasteiger charge is -2.13. The molecule has 1 rings (SSSR count). The highest BCUT2D eigenvalue weighted by Crippen LogP contribution is 2.27. The van der Waals surface area contributed by atoms with Crippen molar-refractivity contribution in [3.8, 4) is 11.5 Å². The highest BCUT2D eigenvalue weighted by Gasteiger charge is 2.06. The number of nitrogens with one attached hydrogen (secondary N) is 1. The number of aryl methyl sites for hydroxylation is 1. The van der Waals surface area contributed by atoms with Gasteiger partial charge in [0.2, 0.25) is 5.91 Å². The van der Waals surface area contributed by atoms with Crippen LogP contribution in [-0.4, -0.2) is 38.7 Å². The van der Waals surface area contributed by atoms with Gasteiger partial charge in [-0.15, -0.1) is 0 Å². The normalized spacial score (nSPS) is 10.3. The molecule has 0 saturated heterocycles. The molecule has 0 radical (unpaired) electrons. The molecule has 1 aromatic rings. The quantitative estimate of drug-likeness (QED) is 0.777. The predicted molar refractivity (Wildman–Crippen MR) is 69.7 cm³/mol. The summed E-state index contributed by atoms with van der Waals surface area (Å²) < 4.78 is 10.7. The Kier molecular flexibility index (Phi) is 5.45. The van der Waals surface area contributed by atoms with Crippen molar-refractivity contribution in [1.29, 1.82) is 0 Å². The molecule has 100 valence electrons. The zero-order valence-electron chi connectivity index (χ0n) is 11.3. The van der Waals surface area contributed by atoms with Gasteiger partial charge in [-0.25, -0.2) is 5.01 Å². The highest BCUT2D eigenvalue weighted by atomic mass is 16.5. The second kappa shape index (κ2) is 6.86. The molecule has 0 unspecified atom stereocenters. The molecule has 0 aromatic heterocycles. The SMILES string of the molecule is COc1cc(C)ccc1OCCC(=O)NN(C)C. The van der Waals surface area contributed by atoms with Gasteiger partial charge in [0, 0.05) is 14.1 Å². The predicted octanol–water partition coefficient (Wildman–Crippen LogP) is 1.37. The zero-order valence-corrected chi connectivity index (χ0v) is 11.3. The Morgan fingerprint density at radius 2 is 2.06 bits per heavy atom. The molecule has 0 fully saturated rings. The molecule has 1 N–H and O–H groups in total. The molecule has 1 aromatic carbocycles. The number of carbonyl (C=O) groups excluding carboxylic acids is 1. The fraction of sp³-hybridized carbons (Fsp3) is 0.462. The van der Waals surface area contributed by atoms with Crippen LogP contribution in [0.2, 0.25) is 0 Å². The highest BCUT2D eigenvalue weighted by molar-refractivity contribution is 5.75. The third-order valence-electron chi connectivity index (χ3n) is 2.25. The van der Waals surface area contributed by atoms with Gasteiger partial charge in [-0.3, -0.25) is 10.2 Å². The van der Waals surface area contributed by atoms with E-state index in [4.69, 9.17) is 9.47 Å². The molecule has 0 atom stereocenters. The number of amides is 1. The molecular formula is C13H20N2O3. The number of ether oxygens (including phenoxy) is 2. The standard InChI is InChI=1S/C13H20N2O3/c1-10-5-6-11(12(9-10)17-4)18-8-7-13(16)14-15(2)3/h5-6,9H,7-8H2,1-4H3,(H,14,16). The van der Waals surface area contributed by atoms with Crippen molar-refractivity contribution >= 4 is 5.91 Å². The minimum atomic E-state index is -0.0777. The van der Waals surface area contributed by atoms with Crippen LogP contribution in [0.1, 0.15) is 12.0 Å². The van der Waals surface area contributed by atoms with Crippen LogP contribution in [0.5, 0.6) is 11.5 Å². The number of hydrogen-bond acceptors (Lipinski definition) is 4. The lowest BCUT2D eigenvalue weighted by molar-refractivity contribution is -0.125. The fourth-order valence-electron chi connectivity index (χ4n) is 1.45. The van der Waals surface area contributed by atoms with Gasteiger partial charge >= 0.3 is 0 Å². The Morgan fingerprint density at radius 1 is 1.33 bits per heavy atom. The first kappa shape index (κ1) is 14.3. The van der Waals surface area contributed by atoms with E-state index >= 15 is 0 Å². The number of hydrazine groups is 1. The van der Waals surface area contributed by atoms with Gasteiger partial charge in [0.05, 0.1) is 20.1 Å². The topological polar surface area (TPSA) is 50.8 Å². The molecule has 0 spiro atoms. The largest absolute Gasteiger partial charge is 0.493 e. The van der Waals surface area contributed by atoms with Crippen molar-refractivity contribution in [2.75, 3.05) is 27.8 Å². The molecular weight excluding hydrogens is 232 g/mol. The number of rotatable bonds is 6. The Hall–Kier alpha value is -1.75. The van der Waals surface area contributed by atoms with Gasteiger partial charge in [-0.1, -0.05) is 6.07 Å². The summed E-state index contributed by atoms with van der Waals surface area (Å²) in [7, 11) is 5.13. The van der Waals surface area contributed by atoms with Crippen molar-refractivity contribution < 1.29 is 14.3 Å². The number of benzene rings is 1. The lowest BCUT2D eigenvalue weighted by Crippen LogP contribution is -2.36. The van der Waals surface area contributed by atoms with Crippen LogP contribution in [0.15, 0.2) is 18.2 Å². The van der Waals surface area contributed by atoms with E-state index in [2.05, 4.69) is 5.43 Å². The molecule has 1 amide bonds. The summed E-state index contributed by atoms with van der Waals surface area (Å²) >= 11 is 0. The average molecular weight is 252 g/mol. The molecule has 18 heavy (non-hydrogen) atoms. The van der Waals surface area contributed by atoms with Gasteiger partial charge in [0.25, 0.3) is 0 Å². The average Bonchev–Trinajstić information content (AvgIpc) is 2.30. The van der Waals surface area contributed by atoms with Gasteiger partial charge in [-0.2, -0.15) is 0 Å². The van der Waals surface area contributed by atoms with E-state index in [0.29, 0.717) is 24.5 Å². The maximum atomic E-state index is 11.4.